The monoisotopic (exact) mass is 431 g/mol. The Balaban J connectivity index is 1.46. The Morgan fingerprint density at radius 2 is 1.81 bits per heavy atom. The Morgan fingerprint density at radius 1 is 1.06 bits per heavy atom. The number of ether oxygens (including phenoxy) is 1. The van der Waals surface area contributed by atoms with Crippen molar-refractivity contribution in [1.29, 1.82) is 0 Å². The van der Waals surface area contributed by atoms with Crippen LogP contribution in [0.3, 0.4) is 0 Å². The molecule has 0 saturated carbocycles. The van der Waals surface area contributed by atoms with Crippen LogP contribution in [0.1, 0.15) is 24.6 Å². The summed E-state index contributed by atoms with van der Waals surface area (Å²) in [5.74, 6) is -0.641. The number of hydrogen-bond acceptors (Lipinski definition) is 5. The second-order valence-electron chi connectivity index (χ2n) is 8.18. The minimum absolute atomic E-state index is 0.130. The molecule has 1 unspecified atom stereocenters. The van der Waals surface area contributed by atoms with E-state index < -0.39 is 6.04 Å². The normalized spacial score (nSPS) is 18.9. The van der Waals surface area contributed by atoms with Gasteiger partial charge in [0.25, 0.3) is 5.91 Å². The third kappa shape index (κ3) is 3.39. The summed E-state index contributed by atoms with van der Waals surface area (Å²) >= 11 is 0. The van der Waals surface area contributed by atoms with E-state index in [1.165, 1.54) is 10.5 Å². The number of hydrogen-bond donors (Lipinski definition) is 0. The number of nitrogens with zero attached hydrogens (tertiary/aromatic N) is 3. The number of aromatic nitrogens is 1. The van der Waals surface area contributed by atoms with Crippen molar-refractivity contribution >= 4 is 34.4 Å². The molecule has 7 nitrogen and oxygen atoms in total. The maximum atomic E-state index is 13.2. The molecule has 32 heavy (non-hydrogen) atoms. The molecular weight excluding hydrogens is 406 g/mol. The number of imide groups is 1. The fourth-order valence-electron chi connectivity index (χ4n) is 4.95. The van der Waals surface area contributed by atoms with Gasteiger partial charge in [-0.2, -0.15) is 0 Å². The number of esters is 1. The quantitative estimate of drug-likeness (QED) is 0.459. The van der Waals surface area contributed by atoms with Gasteiger partial charge >= 0.3 is 5.97 Å². The number of rotatable bonds is 5. The summed E-state index contributed by atoms with van der Waals surface area (Å²) < 4.78 is 7.20. The van der Waals surface area contributed by atoms with Gasteiger partial charge in [0, 0.05) is 29.7 Å². The number of carbonyl (C=O) groups excluding carboxylic acids is 3. The predicted molar refractivity (Wildman–Crippen MR) is 120 cm³/mol. The van der Waals surface area contributed by atoms with Gasteiger partial charge in [0.2, 0.25) is 5.91 Å². The molecule has 2 aliphatic heterocycles. The summed E-state index contributed by atoms with van der Waals surface area (Å²) in [5, 5.41) is 1.13. The highest BCUT2D eigenvalue weighted by molar-refractivity contribution is 6.22. The van der Waals surface area contributed by atoms with E-state index in [1.807, 2.05) is 41.0 Å². The molecule has 0 radical (unpaired) electrons. The molecule has 0 spiro atoms. The molecule has 1 atom stereocenters. The second-order valence-corrected chi connectivity index (χ2v) is 8.18. The first-order chi connectivity index (χ1) is 15.6. The van der Waals surface area contributed by atoms with Crippen LogP contribution in [0.4, 0.5) is 5.69 Å². The molecule has 164 valence electrons. The van der Waals surface area contributed by atoms with Crippen LogP contribution in [-0.2, 0) is 38.6 Å². The standard InChI is InChI=1S/C25H25N3O4/c1-2-32-24(30)16-27-20-11-7-6-10-18(20)19-12-13-26(15-22(19)27)21-14-23(29)28(25(21)31)17-8-4-3-5-9-17/h3-11,21H,2,12-16H2,1H3. The van der Waals surface area contributed by atoms with E-state index in [0.717, 1.165) is 23.0 Å². The largest absolute Gasteiger partial charge is 0.465 e. The molecule has 0 N–H and O–H groups in total. The van der Waals surface area contributed by atoms with Crippen molar-refractivity contribution < 1.29 is 19.1 Å². The van der Waals surface area contributed by atoms with E-state index >= 15 is 0 Å². The van der Waals surface area contributed by atoms with Gasteiger partial charge < -0.3 is 9.30 Å². The van der Waals surface area contributed by atoms with Crippen molar-refractivity contribution in [3.8, 4) is 0 Å². The molecule has 1 saturated heterocycles. The van der Waals surface area contributed by atoms with Crippen molar-refractivity contribution in [2.75, 3.05) is 18.1 Å². The molecule has 0 bridgehead atoms. The topological polar surface area (TPSA) is 71.8 Å². The highest BCUT2D eigenvalue weighted by Gasteiger charge is 2.44. The van der Waals surface area contributed by atoms with Crippen LogP contribution in [0.5, 0.6) is 0 Å². The Bertz CT molecular complexity index is 1200. The summed E-state index contributed by atoms with van der Waals surface area (Å²) in [7, 11) is 0. The van der Waals surface area contributed by atoms with E-state index in [1.54, 1.807) is 19.1 Å². The smallest absolute Gasteiger partial charge is 0.325 e. The van der Waals surface area contributed by atoms with E-state index in [9.17, 15) is 14.4 Å². The Labute approximate surface area is 186 Å². The predicted octanol–water partition coefficient (Wildman–Crippen LogP) is 2.89. The molecule has 1 aromatic heterocycles. The molecule has 5 rings (SSSR count). The van der Waals surface area contributed by atoms with Crippen molar-refractivity contribution in [3.63, 3.8) is 0 Å². The van der Waals surface area contributed by atoms with Crippen LogP contribution < -0.4 is 4.90 Å². The number of carbonyl (C=O) groups is 3. The van der Waals surface area contributed by atoms with Gasteiger partial charge in [-0.3, -0.25) is 19.3 Å². The number of anilines is 1. The van der Waals surface area contributed by atoms with E-state index in [0.29, 0.717) is 25.4 Å². The van der Waals surface area contributed by atoms with Crippen LogP contribution in [-0.4, -0.2) is 46.4 Å². The number of fused-ring (bicyclic) bond motifs is 3. The summed E-state index contributed by atoms with van der Waals surface area (Å²) in [6.45, 7) is 3.46. The molecule has 0 aliphatic carbocycles. The lowest BCUT2D eigenvalue weighted by Gasteiger charge is -2.32. The minimum Gasteiger partial charge on any atom is -0.465 e. The molecule has 2 aromatic carbocycles. The van der Waals surface area contributed by atoms with Crippen molar-refractivity contribution in [2.24, 2.45) is 0 Å². The number of para-hydroxylation sites is 2. The fourth-order valence-corrected chi connectivity index (χ4v) is 4.95. The van der Waals surface area contributed by atoms with Gasteiger partial charge in [0.05, 0.1) is 24.8 Å². The summed E-state index contributed by atoms with van der Waals surface area (Å²) in [6.07, 6.45) is 0.927. The van der Waals surface area contributed by atoms with E-state index in [-0.39, 0.29) is 30.7 Å². The number of amides is 2. The summed E-state index contributed by atoms with van der Waals surface area (Å²) in [4.78, 5) is 41.6. The number of benzene rings is 2. The van der Waals surface area contributed by atoms with Crippen molar-refractivity contribution in [2.45, 2.75) is 38.9 Å². The van der Waals surface area contributed by atoms with E-state index in [4.69, 9.17) is 4.74 Å². The molecule has 2 amide bonds. The van der Waals surface area contributed by atoms with Crippen LogP contribution >= 0.6 is 0 Å². The first kappa shape index (κ1) is 20.5. The third-order valence-electron chi connectivity index (χ3n) is 6.37. The Hall–Kier alpha value is -3.45. The van der Waals surface area contributed by atoms with Gasteiger partial charge in [-0.25, -0.2) is 4.90 Å². The summed E-state index contributed by atoms with van der Waals surface area (Å²) in [5.41, 5.74) is 3.83. The molecule has 3 heterocycles. The first-order valence-electron chi connectivity index (χ1n) is 11.0. The van der Waals surface area contributed by atoms with E-state index in [2.05, 4.69) is 11.0 Å². The second kappa shape index (κ2) is 8.24. The fraction of sp³-hybridized carbons (Fsp3) is 0.320. The minimum atomic E-state index is -0.495. The lowest BCUT2D eigenvalue weighted by Crippen LogP contribution is -2.44. The third-order valence-corrected chi connectivity index (χ3v) is 6.37. The molecule has 3 aromatic rings. The Kier molecular flexibility index (Phi) is 5.27. The van der Waals surface area contributed by atoms with Crippen LogP contribution in [0.15, 0.2) is 54.6 Å². The maximum absolute atomic E-state index is 13.2. The highest BCUT2D eigenvalue weighted by atomic mass is 16.5. The zero-order chi connectivity index (χ0) is 22.2. The SMILES string of the molecule is CCOC(=O)Cn1c2c(c3ccccc31)CCN(C1CC(=O)N(c3ccccc3)C1=O)C2. The molecule has 2 aliphatic rings. The van der Waals surface area contributed by atoms with Crippen molar-refractivity contribution in [1.82, 2.24) is 9.47 Å². The van der Waals surface area contributed by atoms with Gasteiger partial charge in [-0.05, 0) is 37.1 Å². The molecule has 1 fully saturated rings. The molecule has 7 heteroatoms. The lowest BCUT2D eigenvalue weighted by molar-refractivity contribution is -0.143. The van der Waals surface area contributed by atoms with Gasteiger partial charge in [-0.15, -0.1) is 0 Å². The zero-order valence-corrected chi connectivity index (χ0v) is 18.0. The van der Waals surface area contributed by atoms with Crippen molar-refractivity contribution in [3.05, 3.63) is 65.9 Å². The lowest BCUT2D eigenvalue weighted by atomic mass is 10.0. The van der Waals surface area contributed by atoms with Gasteiger partial charge in [-0.1, -0.05) is 36.4 Å². The average molecular weight is 431 g/mol. The van der Waals surface area contributed by atoms with Crippen LogP contribution in [0.25, 0.3) is 10.9 Å². The Morgan fingerprint density at radius 3 is 2.59 bits per heavy atom. The van der Waals surface area contributed by atoms with Crippen LogP contribution in [0, 0.1) is 0 Å². The first-order valence-corrected chi connectivity index (χ1v) is 11.0. The van der Waals surface area contributed by atoms with Crippen LogP contribution in [0.2, 0.25) is 0 Å². The summed E-state index contributed by atoms with van der Waals surface area (Å²) in [6, 6.07) is 16.6. The highest BCUT2D eigenvalue weighted by Crippen LogP contribution is 2.34. The molecular formula is C25H25N3O4. The average Bonchev–Trinajstić information content (AvgIpc) is 3.28. The van der Waals surface area contributed by atoms with Gasteiger partial charge in [0.15, 0.2) is 0 Å². The zero-order valence-electron chi connectivity index (χ0n) is 18.0. The van der Waals surface area contributed by atoms with Gasteiger partial charge in [0.1, 0.15) is 6.54 Å². The maximum Gasteiger partial charge on any atom is 0.325 e.